The molecule has 0 bridgehead atoms. The van der Waals surface area contributed by atoms with Gasteiger partial charge >= 0.3 is 196 Å². The number of benzene rings is 6. The van der Waals surface area contributed by atoms with Crippen molar-refractivity contribution < 1.29 is 300 Å². The highest BCUT2D eigenvalue weighted by atomic mass is 33.2. The van der Waals surface area contributed by atoms with Crippen molar-refractivity contribution in [1.82, 2.24) is 0 Å². The van der Waals surface area contributed by atoms with Gasteiger partial charge in [0.2, 0.25) is 26.3 Å². The second-order valence-corrected chi connectivity index (χ2v) is 50.4. The third kappa shape index (κ3) is 19.4. The van der Waals surface area contributed by atoms with Crippen LogP contribution >= 0.6 is 0 Å². The van der Waals surface area contributed by atoms with E-state index in [1.54, 1.807) is 0 Å². The lowest BCUT2D eigenvalue weighted by atomic mass is 10.1. The van der Waals surface area contributed by atoms with Gasteiger partial charge < -0.3 is 4.90 Å². The van der Waals surface area contributed by atoms with E-state index in [4.69, 9.17) is 0 Å². The Morgan fingerprint density at radius 2 is 0.277 bits per heavy atom. The molecule has 0 amide bonds. The maximum absolute atomic E-state index is 15.3. The summed E-state index contributed by atoms with van der Waals surface area (Å²) in [4.78, 5) is -7.96. The fourth-order valence-corrected chi connectivity index (χ4v) is 32.9. The fourth-order valence-electron chi connectivity index (χ4n) is 9.80. The zero-order chi connectivity index (χ0) is 116. The molecule has 830 valence electrons. The van der Waals surface area contributed by atoms with Gasteiger partial charge in [0.1, 0.15) is 0 Å². The molecule has 148 heavy (non-hydrogen) atoms. The Morgan fingerprint density at radius 3 is 0.399 bits per heavy atom. The monoisotopic (exact) mass is 2430 g/mol. The van der Waals surface area contributed by atoms with Crippen LogP contribution in [0.5, 0.6) is 0 Å². The minimum Gasteiger partial charge on any atom is -0.311 e. The maximum Gasteiger partial charge on any atom is 0.460 e. The van der Waals surface area contributed by atoms with Crippen LogP contribution in [-0.2, 0) is 83.0 Å². The Labute approximate surface area is 782 Å². The molecule has 6 aromatic carbocycles. The maximum atomic E-state index is 15.3. The van der Waals surface area contributed by atoms with E-state index in [-0.39, 0.29) is 36.4 Å². The van der Waals surface area contributed by atoms with Crippen molar-refractivity contribution in [1.29, 1.82) is 0 Å². The first-order valence-corrected chi connectivity index (χ1v) is 49.4. The lowest BCUT2D eigenvalue weighted by Gasteiger charge is -2.34. The zero-order valence-electron chi connectivity index (χ0n) is 66.9. The summed E-state index contributed by atoms with van der Waals surface area (Å²) in [5.74, 6) is -91.9. The lowest BCUT2D eigenvalue weighted by Crippen LogP contribution is -2.64. The number of halogens is 54. The molecule has 0 heterocycles. The summed E-state index contributed by atoms with van der Waals surface area (Å²) in [5, 5.41) is -51.7. The lowest BCUT2D eigenvalue weighted by molar-refractivity contribution is -0.382. The summed E-state index contributed by atoms with van der Waals surface area (Å²) in [6, 6.07) is 3.52. The van der Waals surface area contributed by atoms with E-state index in [1.165, 1.54) is 0 Å². The number of rotatable bonds is 30. The number of hydrogen-bond donors (Lipinski definition) is 0. The highest BCUT2D eigenvalue weighted by molar-refractivity contribution is 8.70. The molecule has 0 spiro atoms. The number of hydrogen-bond acceptors (Lipinski definition) is 16. The van der Waals surface area contributed by atoms with Gasteiger partial charge in [0.05, 0.1) is 14.7 Å². The van der Waals surface area contributed by atoms with Gasteiger partial charge in [0, 0.05) is 50.4 Å². The van der Waals surface area contributed by atoms with Crippen LogP contribution in [0.3, 0.4) is 0 Å². The average molecular weight is 2430 g/mol. The van der Waals surface area contributed by atoms with E-state index in [0.717, 1.165) is 89.0 Å². The Hall–Kier alpha value is -10.4. The quantitative estimate of drug-likeness (QED) is 0.0230. The Kier molecular flexibility index (Phi) is 31.8. The predicted octanol–water partition coefficient (Wildman–Crippen LogP) is 22.4. The molecule has 0 saturated heterocycles. The van der Waals surface area contributed by atoms with Crippen molar-refractivity contribution >= 4 is 100 Å². The number of alkyl halides is 54. The molecule has 0 aliphatic heterocycles. The third-order valence-corrected chi connectivity index (χ3v) is 43.1. The highest BCUT2D eigenvalue weighted by Gasteiger charge is 2.93. The van der Waals surface area contributed by atoms with Crippen LogP contribution in [0, 0.1) is 35.5 Å². The second kappa shape index (κ2) is 37.3. The highest BCUT2D eigenvalue weighted by Crippen LogP contribution is 2.65. The minimum absolute atomic E-state index is 0.201. The normalized spacial score (nSPS) is 16.2. The van der Waals surface area contributed by atoms with E-state index >= 15 is 26.3 Å². The van der Waals surface area contributed by atoms with E-state index in [9.17, 15) is 274 Å². The minimum atomic E-state index is -9.43. The van der Waals surface area contributed by atoms with Gasteiger partial charge in [-0.25, -0.2) is 37.9 Å². The molecule has 19 nitrogen and oxygen atoms in total. The molecule has 6 aromatic rings. The fraction of sp³-hybridized carbons (Fsp3) is 0.364. The molecule has 0 aliphatic rings. The SMILES string of the molecule is O=S(=O)(N=S(=O)(c1ccc(C#Cc2ccc(N(c3ccc(C#Cc4ccc(S(=O)(=NS(=O)(=O)C(F)(F)C(F)(F)C(F)(F)C(F)(F)F)S(=O)(=O)C(F)(F)C(F)(F)C(F)(F)C(F)(F)F)cc4)cc3)c3ccc(C#Cc4ccc(S(=O)(=NS(=O)(=O)C(F)(F)C(F)(F)C(F)(F)C(F)(F)F)S(=O)(=O)C(F)(F)C(F)(F)C(F)(F)C(F)(F)F)cc4)cc3)cc2)cc1)S(=O)(=O)C(F)(F)C(F)(F)C(F)(F)C(F)(F)F)C(F)(F)C(F)(F)C(F)(F)C(F)(F)F. The molecule has 0 saturated carbocycles. The number of anilines is 3. The molecular formula is C66H24F54N4O15S9. The van der Waals surface area contributed by atoms with Gasteiger partial charge in [-0.2, -0.15) is 262 Å². The van der Waals surface area contributed by atoms with Crippen LogP contribution in [0.2, 0.25) is 0 Å². The van der Waals surface area contributed by atoms with Crippen LogP contribution in [0.4, 0.5) is 254 Å². The molecule has 0 aromatic heterocycles. The Morgan fingerprint density at radius 1 is 0.162 bits per heavy atom. The van der Waals surface area contributed by atoms with E-state index < -0.39 is 324 Å². The van der Waals surface area contributed by atoms with E-state index in [1.807, 2.05) is 35.5 Å². The topological polar surface area (TPSA) is 296 Å². The number of nitrogens with zero attached hydrogens (tertiary/aromatic N) is 4. The third-order valence-electron chi connectivity index (χ3n) is 18.0. The van der Waals surface area contributed by atoms with E-state index in [0.29, 0.717) is 0 Å². The van der Waals surface area contributed by atoms with Gasteiger partial charge in [-0.3, -0.25) is 0 Å². The van der Waals surface area contributed by atoms with Gasteiger partial charge in [0.25, 0.3) is 0 Å². The summed E-state index contributed by atoms with van der Waals surface area (Å²) in [6.45, 7) is 0. The summed E-state index contributed by atoms with van der Waals surface area (Å²) >= 11 is 0. The van der Waals surface area contributed by atoms with Crippen LogP contribution in [0.15, 0.2) is 172 Å². The zero-order valence-corrected chi connectivity index (χ0v) is 74.2. The molecule has 82 heteroatoms. The first kappa shape index (κ1) is 126. The van der Waals surface area contributed by atoms with Crippen molar-refractivity contribution in [3.63, 3.8) is 0 Å². The molecule has 6 rings (SSSR count). The standard InChI is InChI=1S/C66H24F54N4O15S9/c67-43(68,55(91,92)93)49(79,80)61(109,110)143(128,129)121-140(125,146(134,135)64(115,116)52(85,86)46(73,74)58(100,101)102)40-25-13-34(14-26-40)4-1-31-7-19-37(20-8-31)124(38-21-9-32(10-22-38)2-5-35-15-27-41(28-16-35)141(126,147(136,137)65(117,118)53(87,88)47(75,76)59(103,104)105)122-144(130,131)62(111,112)50(81,82)44(69,70)56(94,95)96)39-23-11-33(12-24-39)3-6-36-17-29-42(30-18-36)142(127,148(138,139)66(119,120)54(89,90)48(77,78)60(106,107)108)123-145(132,133)63(113,114)51(83,84)45(71,72)57(97,98)99/h7-30H. The second-order valence-electron chi connectivity index (χ2n) is 27.7. The van der Waals surface area contributed by atoms with Crippen LogP contribution in [0.1, 0.15) is 33.4 Å². The predicted molar refractivity (Wildman–Crippen MR) is 384 cm³/mol. The van der Waals surface area contributed by atoms with Crippen LogP contribution in [-0.4, -0.2) is 203 Å². The number of sulfonamides is 3. The summed E-state index contributed by atoms with van der Waals surface area (Å²) in [7, 11) is -81.6. The van der Waals surface area contributed by atoms with Gasteiger partial charge in [-0.1, -0.05) is 46.8 Å². The Bertz CT molecular complexity index is 6810. The molecule has 0 radical (unpaired) electrons. The summed E-state index contributed by atoms with van der Waals surface area (Å²) in [5.41, 5.74) is -6.31. The molecule has 0 aliphatic carbocycles. The van der Waals surface area contributed by atoms with Gasteiger partial charge in [0.15, 0.2) is 0 Å². The smallest absolute Gasteiger partial charge is 0.311 e. The largest absolute Gasteiger partial charge is 0.460 e. The average Bonchev–Trinajstić information content (AvgIpc) is 0.695. The van der Waals surface area contributed by atoms with Crippen molar-refractivity contribution in [2.24, 2.45) is 11.3 Å². The van der Waals surface area contributed by atoms with Crippen LogP contribution < -0.4 is 4.90 Å². The van der Waals surface area contributed by atoms with Crippen LogP contribution in [0.25, 0.3) is 0 Å². The van der Waals surface area contributed by atoms with Gasteiger partial charge in [-0.15, -0.1) is 0 Å². The van der Waals surface area contributed by atoms with Crippen molar-refractivity contribution in [2.75, 3.05) is 4.90 Å². The first-order chi connectivity index (χ1) is 65.0. The molecule has 0 N–H and O–H groups in total. The van der Waals surface area contributed by atoms with Gasteiger partial charge in [-0.05, 0) is 146 Å². The van der Waals surface area contributed by atoms with E-state index in [2.05, 4.69) is 0 Å². The Balaban J connectivity index is 1.61. The van der Waals surface area contributed by atoms with Crippen molar-refractivity contribution in [3.05, 3.63) is 179 Å². The summed E-state index contributed by atoms with van der Waals surface area (Å²) in [6.07, 6.45) is -48.9. The molecule has 0 fully saturated rings. The van der Waals surface area contributed by atoms with Crippen molar-refractivity contribution in [2.45, 2.75) is 154 Å². The molecule has 3 unspecified atom stereocenters. The molecule has 3 atom stereocenters. The van der Waals surface area contributed by atoms with Crippen molar-refractivity contribution in [3.8, 4) is 35.5 Å². The summed E-state index contributed by atoms with van der Waals surface area (Å²) < 4.78 is 954. The first-order valence-electron chi connectivity index (χ1n) is 34.5. The molecular weight excluding hydrogens is 2400 g/mol.